The van der Waals surface area contributed by atoms with Crippen molar-refractivity contribution in [1.82, 2.24) is 4.98 Å². The van der Waals surface area contributed by atoms with E-state index in [-0.39, 0.29) is 0 Å². The molecule has 1 unspecified atom stereocenters. The van der Waals surface area contributed by atoms with Gasteiger partial charge in [0.15, 0.2) is 4.75 Å². The van der Waals surface area contributed by atoms with Gasteiger partial charge in [0, 0.05) is 6.20 Å². The number of rotatable bonds is 2. The van der Waals surface area contributed by atoms with Gasteiger partial charge >= 0.3 is 5.97 Å². The molecule has 0 radical (unpaired) electrons. The molecule has 1 aliphatic heterocycles. The first kappa shape index (κ1) is 10.5. The van der Waals surface area contributed by atoms with Crippen LogP contribution < -0.4 is 0 Å². The van der Waals surface area contributed by atoms with Crippen LogP contribution >= 0.6 is 11.8 Å². The fraction of sp³-hybridized carbons (Fsp3) is 0.455. The van der Waals surface area contributed by atoms with E-state index in [0.29, 0.717) is 12.1 Å². The zero-order valence-electron chi connectivity index (χ0n) is 8.56. The van der Waals surface area contributed by atoms with E-state index in [0.717, 1.165) is 17.7 Å². The van der Waals surface area contributed by atoms with Gasteiger partial charge in [-0.25, -0.2) is 0 Å². The number of nitrogens with zero attached hydrogens (tertiary/aromatic N) is 1. The predicted octanol–water partition coefficient (Wildman–Crippen LogP) is 2.20. The molecule has 1 saturated heterocycles. The maximum atomic E-state index is 11.3. The van der Waals surface area contributed by atoms with E-state index in [1.54, 1.807) is 6.20 Å². The number of thioether (sulfide) groups is 1. The Balaban J connectivity index is 2.41. The summed E-state index contributed by atoms with van der Waals surface area (Å²) in [5.74, 6) is 0.142. The molecule has 1 aromatic heterocycles. The van der Waals surface area contributed by atoms with E-state index >= 15 is 0 Å². The first-order chi connectivity index (χ1) is 7.15. The quantitative estimate of drug-likeness (QED) is 0.835. The molecule has 0 spiro atoms. The molecule has 2 heterocycles. The highest BCUT2D eigenvalue weighted by Crippen LogP contribution is 2.45. The van der Waals surface area contributed by atoms with E-state index in [2.05, 4.69) is 4.98 Å². The topological polar surface area (TPSA) is 50.2 Å². The van der Waals surface area contributed by atoms with Crippen LogP contribution in [0.1, 0.15) is 24.1 Å². The summed E-state index contributed by atoms with van der Waals surface area (Å²) in [5.41, 5.74) is 1.74. The summed E-state index contributed by atoms with van der Waals surface area (Å²) < 4.78 is -0.798. The molecule has 80 valence electrons. The van der Waals surface area contributed by atoms with Crippen molar-refractivity contribution < 1.29 is 9.90 Å². The highest BCUT2D eigenvalue weighted by Gasteiger charge is 2.45. The standard InChI is InChI=1S/C11H13NO2S/c1-8-3-4-9(12-7-8)11(10(13)14)5-2-6-15-11/h3-4,7H,2,5-6H2,1H3,(H,13,14). The van der Waals surface area contributed by atoms with Gasteiger partial charge in [0.05, 0.1) is 5.69 Å². The van der Waals surface area contributed by atoms with E-state index < -0.39 is 10.7 Å². The normalized spacial score (nSPS) is 25.4. The minimum absolute atomic E-state index is 0.683. The average molecular weight is 223 g/mol. The van der Waals surface area contributed by atoms with Gasteiger partial charge in [-0.1, -0.05) is 6.07 Å². The Labute approximate surface area is 92.9 Å². The van der Waals surface area contributed by atoms with Crippen molar-refractivity contribution in [3.05, 3.63) is 29.6 Å². The molecular formula is C11H13NO2S. The van der Waals surface area contributed by atoms with Gasteiger partial charge in [0.25, 0.3) is 0 Å². The Morgan fingerprint density at radius 2 is 2.40 bits per heavy atom. The molecule has 1 aliphatic rings. The molecule has 4 heteroatoms. The number of carboxylic acid groups (broad SMARTS) is 1. The first-order valence-electron chi connectivity index (χ1n) is 4.96. The summed E-state index contributed by atoms with van der Waals surface area (Å²) in [6.07, 6.45) is 3.37. The van der Waals surface area contributed by atoms with Crippen molar-refractivity contribution in [2.75, 3.05) is 5.75 Å². The van der Waals surface area contributed by atoms with Crippen LogP contribution in [0, 0.1) is 6.92 Å². The fourth-order valence-corrected chi connectivity index (χ4v) is 3.14. The van der Waals surface area contributed by atoms with Crippen LogP contribution in [0.25, 0.3) is 0 Å². The molecule has 1 N–H and O–H groups in total. The summed E-state index contributed by atoms with van der Waals surface area (Å²) in [4.78, 5) is 15.6. The number of aryl methyl sites for hydroxylation is 1. The van der Waals surface area contributed by atoms with Crippen molar-refractivity contribution in [3.8, 4) is 0 Å². The molecule has 0 saturated carbocycles. The highest BCUT2D eigenvalue weighted by molar-refractivity contribution is 8.01. The highest BCUT2D eigenvalue weighted by atomic mass is 32.2. The fourth-order valence-electron chi connectivity index (χ4n) is 1.83. The van der Waals surface area contributed by atoms with Crippen LogP contribution in [-0.4, -0.2) is 21.8 Å². The molecule has 3 nitrogen and oxygen atoms in total. The lowest BCUT2D eigenvalue weighted by Crippen LogP contribution is -2.30. The third kappa shape index (κ3) is 1.74. The molecular weight excluding hydrogens is 210 g/mol. The van der Waals surface area contributed by atoms with E-state index in [9.17, 15) is 9.90 Å². The predicted molar refractivity (Wildman–Crippen MR) is 60.0 cm³/mol. The van der Waals surface area contributed by atoms with Gasteiger partial charge in [-0.05, 0) is 37.1 Å². The van der Waals surface area contributed by atoms with Gasteiger partial charge in [-0.2, -0.15) is 0 Å². The van der Waals surface area contributed by atoms with Gasteiger partial charge in [0.2, 0.25) is 0 Å². The number of aromatic nitrogens is 1. The van der Waals surface area contributed by atoms with Crippen molar-refractivity contribution in [3.63, 3.8) is 0 Å². The van der Waals surface area contributed by atoms with Gasteiger partial charge in [0.1, 0.15) is 0 Å². The number of hydrogen-bond acceptors (Lipinski definition) is 3. The van der Waals surface area contributed by atoms with Crippen LogP contribution in [0.2, 0.25) is 0 Å². The molecule has 1 fully saturated rings. The van der Waals surface area contributed by atoms with Crippen LogP contribution in [0.3, 0.4) is 0 Å². The van der Waals surface area contributed by atoms with Crippen molar-refractivity contribution in [2.24, 2.45) is 0 Å². The van der Waals surface area contributed by atoms with Gasteiger partial charge in [-0.3, -0.25) is 9.78 Å². The van der Waals surface area contributed by atoms with Crippen LogP contribution in [-0.2, 0) is 9.54 Å². The summed E-state index contributed by atoms with van der Waals surface area (Å²) in [6.45, 7) is 1.95. The Kier molecular flexibility index (Phi) is 2.69. The SMILES string of the molecule is Cc1ccc(C2(C(=O)O)CCCS2)nc1. The smallest absolute Gasteiger partial charge is 0.325 e. The van der Waals surface area contributed by atoms with Crippen molar-refractivity contribution in [2.45, 2.75) is 24.5 Å². The van der Waals surface area contributed by atoms with Gasteiger partial charge in [-0.15, -0.1) is 11.8 Å². The number of hydrogen-bond donors (Lipinski definition) is 1. The second-order valence-electron chi connectivity index (χ2n) is 3.80. The third-order valence-electron chi connectivity index (χ3n) is 2.69. The maximum Gasteiger partial charge on any atom is 0.325 e. The molecule has 0 amide bonds. The number of aliphatic carboxylic acids is 1. The summed E-state index contributed by atoms with van der Waals surface area (Å²) in [6, 6.07) is 3.76. The second-order valence-corrected chi connectivity index (χ2v) is 5.20. The largest absolute Gasteiger partial charge is 0.480 e. The van der Waals surface area contributed by atoms with Crippen LogP contribution in [0.15, 0.2) is 18.3 Å². The van der Waals surface area contributed by atoms with Gasteiger partial charge < -0.3 is 5.11 Å². The Hall–Kier alpha value is -1.03. The van der Waals surface area contributed by atoms with E-state index in [4.69, 9.17) is 0 Å². The number of carbonyl (C=O) groups is 1. The number of pyridine rings is 1. The molecule has 1 aromatic rings. The summed E-state index contributed by atoms with van der Waals surface area (Å²) in [5, 5.41) is 9.33. The molecule has 1 atom stereocenters. The Morgan fingerprint density at radius 1 is 1.60 bits per heavy atom. The first-order valence-corrected chi connectivity index (χ1v) is 5.94. The lowest BCUT2D eigenvalue weighted by atomic mass is 9.98. The second kappa shape index (κ2) is 3.85. The maximum absolute atomic E-state index is 11.3. The number of carboxylic acids is 1. The Morgan fingerprint density at radius 3 is 2.87 bits per heavy atom. The molecule has 0 aliphatic carbocycles. The van der Waals surface area contributed by atoms with E-state index in [1.165, 1.54) is 11.8 Å². The summed E-state index contributed by atoms with van der Waals surface area (Å²) in [7, 11) is 0. The molecule has 0 bridgehead atoms. The lowest BCUT2D eigenvalue weighted by molar-refractivity contribution is -0.140. The van der Waals surface area contributed by atoms with Crippen molar-refractivity contribution >= 4 is 17.7 Å². The van der Waals surface area contributed by atoms with E-state index in [1.807, 2.05) is 19.1 Å². The minimum Gasteiger partial charge on any atom is -0.480 e. The molecule has 0 aromatic carbocycles. The van der Waals surface area contributed by atoms with Crippen molar-refractivity contribution in [1.29, 1.82) is 0 Å². The minimum atomic E-state index is -0.798. The zero-order valence-corrected chi connectivity index (χ0v) is 9.38. The lowest BCUT2D eigenvalue weighted by Gasteiger charge is -2.22. The van der Waals surface area contributed by atoms with Crippen LogP contribution in [0.4, 0.5) is 0 Å². The summed E-state index contributed by atoms with van der Waals surface area (Å²) >= 11 is 1.49. The Bertz CT molecular complexity index is 369. The molecule has 2 rings (SSSR count). The monoisotopic (exact) mass is 223 g/mol. The zero-order chi connectivity index (χ0) is 10.9. The average Bonchev–Trinajstić information content (AvgIpc) is 2.69. The third-order valence-corrected chi connectivity index (χ3v) is 4.27. The molecule has 15 heavy (non-hydrogen) atoms. The van der Waals surface area contributed by atoms with Crippen LogP contribution in [0.5, 0.6) is 0 Å².